The van der Waals surface area contributed by atoms with Crippen LogP contribution in [-0.2, 0) is 20.8 Å². The topological polar surface area (TPSA) is 26.5 Å². The van der Waals surface area contributed by atoms with Crippen LogP contribution < -0.4 is 10.3 Å². The maximum atomic E-state index is 4.93. The molecule has 0 atom stereocenters. The van der Waals surface area contributed by atoms with E-state index in [4.69, 9.17) is 17.0 Å². The van der Waals surface area contributed by atoms with Crippen molar-refractivity contribution in [3.63, 3.8) is 0 Å². The van der Waals surface area contributed by atoms with Crippen LogP contribution in [0.25, 0.3) is 0 Å². The van der Waals surface area contributed by atoms with Gasteiger partial charge in [0.25, 0.3) is 0 Å². The average molecular weight is 404 g/mol. The second-order valence-corrected chi connectivity index (χ2v) is 13.9. The molecule has 0 bridgehead atoms. The summed E-state index contributed by atoms with van der Waals surface area (Å²) in [5.74, 6) is 0. The molecule has 0 aliphatic rings. The summed E-state index contributed by atoms with van der Waals surface area (Å²) in [6.45, 7) is 6.90. The average Bonchev–Trinajstić information content (AvgIpc) is 2.87. The third-order valence-electron chi connectivity index (χ3n) is 2.53. The zero-order chi connectivity index (χ0) is 15.0. The first kappa shape index (κ1) is 17.9. The van der Waals surface area contributed by atoms with Gasteiger partial charge in [-0.1, -0.05) is 50.0 Å². The summed E-state index contributed by atoms with van der Waals surface area (Å²) in [4.78, 5) is 9.01. The predicted octanol–water partition coefficient (Wildman–Crippen LogP) is 4.32. The predicted molar refractivity (Wildman–Crippen MR) is 88.1 cm³/mol. The molecule has 6 heteroatoms. The van der Waals surface area contributed by atoms with Crippen LogP contribution in [0.1, 0.15) is 5.69 Å². The Bertz CT molecular complexity index is 536. The molecule has 2 nitrogen and oxygen atoms in total. The van der Waals surface area contributed by atoms with Crippen molar-refractivity contribution in [1.29, 1.82) is 0 Å². The summed E-state index contributed by atoms with van der Waals surface area (Å²) in [7, 11) is 8.57. The zero-order valence-electron chi connectivity index (χ0n) is 11.8. The Kier molecular flexibility index (Phi) is 8.04. The number of rotatable bonds is 3. The molecule has 0 amide bonds. The van der Waals surface area contributed by atoms with Crippen LogP contribution in [0, 0.1) is 0 Å². The molecule has 0 aliphatic heterocycles. The van der Waals surface area contributed by atoms with Crippen molar-refractivity contribution in [2.45, 2.75) is 19.6 Å². The van der Waals surface area contributed by atoms with Crippen LogP contribution in [0.4, 0.5) is 5.69 Å². The van der Waals surface area contributed by atoms with Crippen LogP contribution in [0.3, 0.4) is 0 Å². The molecule has 106 valence electrons. The number of aliphatic imine (C=N–C) groups is 1. The van der Waals surface area contributed by atoms with Gasteiger partial charge in [-0.15, -0.1) is 5.69 Å². The minimum absolute atomic E-state index is 0.826. The molecule has 0 aliphatic carbocycles. The molecule has 20 heavy (non-hydrogen) atoms. The van der Waals surface area contributed by atoms with Crippen LogP contribution in [0.2, 0.25) is 19.6 Å². The molecular formula is C14H17Cl2N2SiZr-. The number of para-hydroxylation sites is 1. The molecule has 2 rings (SSSR count). The molecule has 0 spiro atoms. The summed E-state index contributed by atoms with van der Waals surface area (Å²) in [5, 5.41) is 1.24. The Morgan fingerprint density at radius 3 is 2.15 bits per heavy atom. The van der Waals surface area contributed by atoms with Crippen molar-refractivity contribution in [1.82, 2.24) is 4.98 Å². The Hall–Kier alpha value is -0.150. The molecular weight excluding hydrogens is 386 g/mol. The molecule has 0 radical (unpaired) electrons. The van der Waals surface area contributed by atoms with Gasteiger partial charge in [0.05, 0.1) is 13.8 Å². The molecule has 0 saturated carbocycles. The standard InChI is InChI=1S/C14H17N2Si.2ClH.Zr/c1-17(2,3)14-10-9-13(16-14)11-15-12-7-5-4-6-8-12;;;/h4-11H,1-3H3;2*1H;/q-1;;;+2/p-2. The van der Waals surface area contributed by atoms with Gasteiger partial charge in [-0.25, -0.2) is 0 Å². The molecule has 0 saturated heterocycles. The van der Waals surface area contributed by atoms with Gasteiger partial charge in [-0.05, 0) is 12.1 Å². The van der Waals surface area contributed by atoms with Crippen molar-refractivity contribution in [3.05, 3.63) is 48.2 Å². The summed E-state index contributed by atoms with van der Waals surface area (Å²) >= 11 is -0.826. The normalized spacial score (nSPS) is 11.1. The summed E-state index contributed by atoms with van der Waals surface area (Å²) in [6, 6.07) is 14.1. The van der Waals surface area contributed by atoms with Gasteiger partial charge < -0.3 is 4.98 Å². The molecule has 1 aromatic carbocycles. The van der Waals surface area contributed by atoms with Gasteiger partial charge in [0.15, 0.2) is 0 Å². The van der Waals surface area contributed by atoms with Gasteiger partial charge in [0, 0.05) is 6.21 Å². The SMILES string of the molecule is C[Si](C)(C)c1ccc(C=Nc2ccccc2)[n-]1.[Cl][Zr][Cl]. The number of halogens is 2. The van der Waals surface area contributed by atoms with Crippen molar-refractivity contribution >= 4 is 42.3 Å². The Morgan fingerprint density at radius 1 is 1.05 bits per heavy atom. The third kappa shape index (κ3) is 6.53. The minimum atomic E-state index is -1.29. The third-order valence-corrected chi connectivity index (χ3v) is 4.35. The summed E-state index contributed by atoms with van der Waals surface area (Å²) < 4.78 is 0. The first-order valence-electron chi connectivity index (χ1n) is 6.17. The van der Waals surface area contributed by atoms with E-state index in [1.165, 1.54) is 5.32 Å². The second-order valence-electron chi connectivity index (χ2n) is 5.17. The van der Waals surface area contributed by atoms with Gasteiger partial charge in [0.2, 0.25) is 0 Å². The van der Waals surface area contributed by atoms with Crippen molar-refractivity contribution < 1.29 is 20.8 Å². The van der Waals surface area contributed by atoms with E-state index in [0.717, 1.165) is 11.4 Å². The number of hydrogen-bond acceptors (Lipinski definition) is 1. The molecule has 0 fully saturated rings. The van der Waals surface area contributed by atoms with E-state index >= 15 is 0 Å². The van der Waals surface area contributed by atoms with E-state index in [1.54, 1.807) is 0 Å². The first-order valence-corrected chi connectivity index (χ1v) is 16.0. The fraction of sp³-hybridized carbons (Fsp3) is 0.214. The molecule has 1 heterocycles. The number of nitrogens with zero attached hydrogens (tertiary/aromatic N) is 2. The van der Waals surface area contributed by atoms with E-state index in [9.17, 15) is 0 Å². The molecule has 0 unspecified atom stereocenters. The van der Waals surface area contributed by atoms with Crippen LogP contribution in [0.15, 0.2) is 47.5 Å². The number of aromatic nitrogens is 1. The van der Waals surface area contributed by atoms with Crippen molar-refractivity contribution in [3.8, 4) is 0 Å². The second kappa shape index (κ2) is 8.99. The summed E-state index contributed by atoms with van der Waals surface area (Å²) in [6.07, 6.45) is 1.83. The van der Waals surface area contributed by atoms with E-state index in [-0.39, 0.29) is 0 Å². The number of hydrogen-bond donors (Lipinski definition) is 0. The van der Waals surface area contributed by atoms with Gasteiger partial charge in [-0.3, -0.25) is 4.99 Å². The maximum absolute atomic E-state index is 4.93. The van der Waals surface area contributed by atoms with E-state index in [2.05, 4.69) is 35.7 Å². The fourth-order valence-electron chi connectivity index (χ4n) is 1.52. The van der Waals surface area contributed by atoms with Crippen LogP contribution >= 0.6 is 17.0 Å². The first-order chi connectivity index (χ1) is 9.47. The Labute approximate surface area is 140 Å². The Balaban J connectivity index is 0.000000612. The van der Waals surface area contributed by atoms with Crippen LogP contribution in [-0.4, -0.2) is 14.3 Å². The Morgan fingerprint density at radius 2 is 1.65 bits per heavy atom. The summed E-state index contributed by atoms with van der Waals surface area (Å²) in [5.41, 5.74) is 1.91. The van der Waals surface area contributed by atoms with E-state index in [0.29, 0.717) is 0 Å². The van der Waals surface area contributed by atoms with Crippen molar-refractivity contribution in [2.75, 3.05) is 0 Å². The number of benzene rings is 1. The van der Waals surface area contributed by atoms with Crippen LogP contribution in [0.5, 0.6) is 0 Å². The zero-order valence-corrected chi connectivity index (χ0v) is 16.7. The quantitative estimate of drug-likeness (QED) is 0.554. The molecule has 0 N–H and O–H groups in total. The molecule has 2 aromatic rings. The monoisotopic (exact) mass is 401 g/mol. The van der Waals surface area contributed by atoms with Gasteiger partial charge in [0.1, 0.15) is 0 Å². The fourth-order valence-corrected chi connectivity index (χ4v) is 2.57. The van der Waals surface area contributed by atoms with E-state index in [1.807, 2.05) is 42.6 Å². The van der Waals surface area contributed by atoms with Gasteiger partial charge >= 0.3 is 37.9 Å². The van der Waals surface area contributed by atoms with Crippen molar-refractivity contribution in [2.24, 2.45) is 4.99 Å². The van der Waals surface area contributed by atoms with E-state index < -0.39 is 28.9 Å². The van der Waals surface area contributed by atoms with Gasteiger partial charge in [-0.2, -0.15) is 5.32 Å². The molecule has 1 aromatic heterocycles.